The molecular weight excluding hydrogens is 116 g/mol. The number of hydrogen-bond donors (Lipinski definition) is 0. The predicted octanol–water partition coefficient (Wildman–Crippen LogP) is 1.52. The fourth-order valence-electron chi connectivity index (χ4n) is 0.299. The van der Waals surface area contributed by atoms with Crippen LogP contribution in [0.25, 0.3) is 0 Å². The molecule has 0 amide bonds. The Balaban J connectivity index is 3.39. The van der Waals surface area contributed by atoms with E-state index in [-0.39, 0.29) is 12.4 Å². The Labute approximate surface area is 55.5 Å². The van der Waals surface area contributed by atoms with Gasteiger partial charge in [0.25, 0.3) is 0 Å². The third kappa shape index (κ3) is 5.07. The van der Waals surface area contributed by atoms with Crippen LogP contribution in [0.4, 0.5) is 0 Å². The van der Waals surface area contributed by atoms with E-state index in [9.17, 15) is 4.79 Å². The smallest absolute Gasteiger partial charge is 0.167 e. The molecule has 0 N–H and O–H groups in total. The molecule has 0 aliphatic heterocycles. The average Bonchev–Trinajstić information content (AvgIpc) is 1.83. The van der Waals surface area contributed by atoms with Crippen LogP contribution < -0.4 is 0 Å². The lowest BCUT2D eigenvalue weighted by Gasteiger charge is -2.00. The number of allylic oxidation sites excluding steroid dienone is 2. The van der Waals surface area contributed by atoms with Crippen molar-refractivity contribution in [3.63, 3.8) is 0 Å². The number of ether oxygens (including phenoxy) is 1. The second-order valence-electron chi connectivity index (χ2n) is 1.89. The van der Waals surface area contributed by atoms with Gasteiger partial charge in [-0.25, -0.2) is 0 Å². The molecule has 0 saturated carbocycles. The normalized spacial score (nSPS) is 11.2. The van der Waals surface area contributed by atoms with Crippen LogP contribution in [-0.4, -0.2) is 12.4 Å². The summed E-state index contributed by atoms with van der Waals surface area (Å²) in [4.78, 5) is 10.3. The summed E-state index contributed by atoms with van der Waals surface area (Å²) in [5.41, 5.74) is 0. The van der Waals surface area contributed by atoms with Crippen molar-refractivity contribution in [1.29, 1.82) is 0 Å². The average molecular weight is 128 g/mol. The highest BCUT2D eigenvalue weighted by Gasteiger charge is 1.91. The first-order chi connectivity index (χ1) is 4.16. The molecule has 2 heteroatoms. The first-order valence-corrected chi connectivity index (χ1v) is 2.92. The van der Waals surface area contributed by atoms with Crippen LogP contribution in [0.5, 0.6) is 0 Å². The molecule has 9 heavy (non-hydrogen) atoms. The van der Waals surface area contributed by atoms with Gasteiger partial charge in [0, 0.05) is 0 Å². The second kappa shape index (κ2) is 4.13. The minimum Gasteiger partial charge on any atom is -0.491 e. The largest absolute Gasteiger partial charge is 0.491 e. The fourth-order valence-corrected chi connectivity index (χ4v) is 0.299. The SMILES string of the molecule is C/C=C(\C)OCC(C)=O. The van der Waals surface area contributed by atoms with E-state index in [1.54, 1.807) is 0 Å². The Kier molecular flexibility index (Phi) is 3.76. The van der Waals surface area contributed by atoms with Crippen LogP contribution in [0, 0.1) is 0 Å². The van der Waals surface area contributed by atoms with Gasteiger partial charge in [0.05, 0.1) is 5.76 Å². The van der Waals surface area contributed by atoms with Gasteiger partial charge in [0.1, 0.15) is 6.61 Å². The molecule has 0 bridgehead atoms. The van der Waals surface area contributed by atoms with E-state index in [0.717, 1.165) is 5.76 Å². The van der Waals surface area contributed by atoms with Crippen LogP contribution in [-0.2, 0) is 9.53 Å². The van der Waals surface area contributed by atoms with Gasteiger partial charge in [0.2, 0.25) is 0 Å². The molecule has 0 aromatic carbocycles. The molecule has 0 saturated heterocycles. The molecule has 0 aliphatic carbocycles. The van der Waals surface area contributed by atoms with Crippen LogP contribution in [0.1, 0.15) is 20.8 Å². The van der Waals surface area contributed by atoms with Gasteiger partial charge in [-0.1, -0.05) is 0 Å². The first-order valence-electron chi connectivity index (χ1n) is 2.92. The molecule has 0 aromatic rings. The quantitative estimate of drug-likeness (QED) is 0.538. The van der Waals surface area contributed by atoms with Crippen molar-refractivity contribution >= 4 is 5.78 Å². The van der Waals surface area contributed by atoms with Crippen molar-refractivity contribution in [1.82, 2.24) is 0 Å². The maximum Gasteiger partial charge on any atom is 0.167 e. The van der Waals surface area contributed by atoms with E-state index < -0.39 is 0 Å². The van der Waals surface area contributed by atoms with Crippen LogP contribution >= 0.6 is 0 Å². The number of hydrogen-bond acceptors (Lipinski definition) is 2. The summed E-state index contributed by atoms with van der Waals surface area (Å²) in [6, 6.07) is 0. The lowest BCUT2D eigenvalue weighted by Crippen LogP contribution is -2.01. The van der Waals surface area contributed by atoms with Gasteiger partial charge >= 0.3 is 0 Å². The van der Waals surface area contributed by atoms with Crippen molar-refractivity contribution < 1.29 is 9.53 Å². The summed E-state index contributed by atoms with van der Waals surface area (Å²) < 4.78 is 4.96. The third-order valence-electron chi connectivity index (χ3n) is 0.910. The molecule has 0 aromatic heterocycles. The van der Waals surface area contributed by atoms with E-state index in [1.165, 1.54) is 6.92 Å². The number of Topliss-reactive ketones (excluding diaryl/α,β-unsaturated/α-hetero) is 1. The number of carbonyl (C=O) groups excluding carboxylic acids is 1. The monoisotopic (exact) mass is 128 g/mol. The number of carbonyl (C=O) groups is 1. The first kappa shape index (κ1) is 8.21. The van der Waals surface area contributed by atoms with E-state index in [2.05, 4.69) is 0 Å². The van der Waals surface area contributed by atoms with Gasteiger partial charge in [-0.15, -0.1) is 0 Å². The summed E-state index contributed by atoms with van der Waals surface area (Å²) in [7, 11) is 0. The van der Waals surface area contributed by atoms with Crippen LogP contribution in [0.15, 0.2) is 11.8 Å². The molecule has 0 heterocycles. The van der Waals surface area contributed by atoms with Crippen molar-refractivity contribution in [2.24, 2.45) is 0 Å². The zero-order chi connectivity index (χ0) is 7.28. The molecule has 0 unspecified atom stereocenters. The second-order valence-corrected chi connectivity index (χ2v) is 1.89. The van der Waals surface area contributed by atoms with E-state index in [1.807, 2.05) is 19.9 Å². The molecular formula is C7H12O2. The minimum absolute atomic E-state index is 0.0520. The highest BCUT2D eigenvalue weighted by molar-refractivity contribution is 5.76. The van der Waals surface area contributed by atoms with Gasteiger partial charge in [0.15, 0.2) is 5.78 Å². The van der Waals surface area contributed by atoms with E-state index in [4.69, 9.17) is 4.74 Å². The Morgan fingerprint density at radius 1 is 1.56 bits per heavy atom. The molecule has 0 radical (unpaired) electrons. The van der Waals surface area contributed by atoms with Crippen molar-refractivity contribution in [2.75, 3.05) is 6.61 Å². The number of rotatable bonds is 3. The van der Waals surface area contributed by atoms with Crippen LogP contribution in [0.2, 0.25) is 0 Å². The van der Waals surface area contributed by atoms with Crippen molar-refractivity contribution in [2.45, 2.75) is 20.8 Å². The lowest BCUT2D eigenvalue weighted by atomic mass is 10.5. The Bertz CT molecular complexity index is 125. The van der Waals surface area contributed by atoms with Gasteiger partial charge in [-0.2, -0.15) is 0 Å². The molecule has 0 atom stereocenters. The van der Waals surface area contributed by atoms with Gasteiger partial charge < -0.3 is 4.74 Å². The Morgan fingerprint density at radius 2 is 2.11 bits per heavy atom. The van der Waals surface area contributed by atoms with Gasteiger partial charge in [-0.05, 0) is 26.8 Å². The zero-order valence-electron chi connectivity index (χ0n) is 6.10. The molecule has 52 valence electrons. The number of ketones is 1. The Hall–Kier alpha value is -0.790. The zero-order valence-corrected chi connectivity index (χ0v) is 6.10. The summed E-state index contributed by atoms with van der Waals surface area (Å²) in [6.07, 6.45) is 1.82. The topological polar surface area (TPSA) is 26.3 Å². The molecule has 0 fully saturated rings. The highest BCUT2D eigenvalue weighted by Crippen LogP contribution is 1.92. The third-order valence-corrected chi connectivity index (χ3v) is 0.910. The van der Waals surface area contributed by atoms with Crippen LogP contribution in [0.3, 0.4) is 0 Å². The maximum atomic E-state index is 10.3. The molecule has 0 rings (SSSR count). The van der Waals surface area contributed by atoms with E-state index >= 15 is 0 Å². The molecule has 0 spiro atoms. The lowest BCUT2D eigenvalue weighted by molar-refractivity contribution is -0.120. The molecule has 0 aliphatic rings. The van der Waals surface area contributed by atoms with Crippen molar-refractivity contribution in [3.05, 3.63) is 11.8 Å². The fraction of sp³-hybridized carbons (Fsp3) is 0.571. The summed E-state index contributed by atoms with van der Waals surface area (Å²) >= 11 is 0. The summed E-state index contributed by atoms with van der Waals surface area (Å²) in [6.45, 7) is 5.39. The molecule has 2 nitrogen and oxygen atoms in total. The standard InChI is InChI=1S/C7H12O2/c1-4-7(3)9-5-6(2)8/h4H,5H2,1-3H3/b7-4+. The summed E-state index contributed by atoms with van der Waals surface area (Å²) in [5.74, 6) is 0.849. The maximum absolute atomic E-state index is 10.3. The summed E-state index contributed by atoms with van der Waals surface area (Å²) in [5, 5.41) is 0. The van der Waals surface area contributed by atoms with Gasteiger partial charge in [-0.3, -0.25) is 4.79 Å². The minimum atomic E-state index is 0.0520. The predicted molar refractivity (Wildman–Crippen MR) is 36.1 cm³/mol. The Morgan fingerprint density at radius 3 is 2.44 bits per heavy atom. The van der Waals surface area contributed by atoms with Crippen molar-refractivity contribution in [3.8, 4) is 0 Å². The van der Waals surface area contributed by atoms with E-state index in [0.29, 0.717) is 0 Å². The highest BCUT2D eigenvalue weighted by atomic mass is 16.5.